The highest BCUT2D eigenvalue weighted by atomic mass is 79.9. The van der Waals surface area contributed by atoms with E-state index in [1.54, 1.807) is 12.1 Å². The van der Waals surface area contributed by atoms with Crippen LogP contribution in [0, 0.1) is 11.2 Å². The first-order valence-electron chi connectivity index (χ1n) is 5.68. The monoisotopic (exact) mass is 319 g/mol. The topological polar surface area (TPSA) is 26.0 Å². The van der Waals surface area contributed by atoms with E-state index < -0.39 is 5.54 Å². The number of benzene rings is 1. The molecule has 1 saturated carbocycles. The molecule has 2 rings (SSSR count). The highest BCUT2D eigenvalue weighted by molar-refractivity contribution is 9.10. The molecule has 17 heavy (non-hydrogen) atoms. The largest absolute Gasteiger partial charge is 0.321 e. The van der Waals surface area contributed by atoms with Gasteiger partial charge in [-0.25, -0.2) is 4.39 Å². The summed E-state index contributed by atoms with van der Waals surface area (Å²) in [6, 6.07) is 3.51. The second kappa shape index (κ2) is 4.22. The standard InChI is InChI=1S/C13H16BrClFN/c1-12(2)5-6-13(17,7-12)8-3-4-9(14)10(15)11(8)16/h3-4H,5-7,17H2,1-2H3. The molecule has 1 atom stereocenters. The van der Waals surface area contributed by atoms with Crippen LogP contribution < -0.4 is 5.73 Å². The molecule has 0 saturated heterocycles. The molecule has 1 aliphatic carbocycles. The van der Waals surface area contributed by atoms with E-state index in [-0.39, 0.29) is 16.3 Å². The molecule has 0 spiro atoms. The zero-order chi connectivity index (χ0) is 12.8. The lowest BCUT2D eigenvalue weighted by molar-refractivity contribution is 0.334. The Kier molecular flexibility index (Phi) is 3.30. The van der Waals surface area contributed by atoms with Crippen LogP contribution in [-0.4, -0.2) is 0 Å². The van der Waals surface area contributed by atoms with Crippen LogP contribution >= 0.6 is 27.5 Å². The highest BCUT2D eigenvalue weighted by Gasteiger charge is 2.43. The minimum Gasteiger partial charge on any atom is -0.321 e. The molecule has 94 valence electrons. The van der Waals surface area contributed by atoms with Crippen molar-refractivity contribution in [1.82, 2.24) is 0 Å². The SMILES string of the molecule is CC1(C)CCC(N)(c2ccc(Br)c(Cl)c2F)C1. The minimum atomic E-state index is -0.585. The fourth-order valence-corrected chi connectivity index (χ4v) is 3.20. The average Bonchev–Trinajstić information content (AvgIpc) is 2.50. The minimum absolute atomic E-state index is 0.122. The van der Waals surface area contributed by atoms with Gasteiger partial charge in [0.2, 0.25) is 0 Å². The molecule has 0 radical (unpaired) electrons. The van der Waals surface area contributed by atoms with Crippen LogP contribution in [0.1, 0.15) is 38.7 Å². The zero-order valence-electron chi connectivity index (χ0n) is 9.99. The van der Waals surface area contributed by atoms with Crippen molar-refractivity contribution in [3.63, 3.8) is 0 Å². The van der Waals surface area contributed by atoms with Crippen LogP contribution in [0.3, 0.4) is 0 Å². The Morgan fingerprint density at radius 3 is 2.53 bits per heavy atom. The van der Waals surface area contributed by atoms with E-state index in [1.807, 2.05) is 0 Å². The predicted molar refractivity (Wildman–Crippen MR) is 72.6 cm³/mol. The molecule has 4 heteroatoms. The molecule has 2 N–H and O–H groups in total. The van der Waals surface area contributed by atoms with Crippen molar-refractivity contribution in [2.75, 3.05) is 0 Å². The Hall–Kier alpha value is -0.120. The summed E-state index contributed by atoms with van der Waals surface area (Å²) in [7, 11) is 0. The summed E-state index contributed by atoms with van der Waals surface area (Å²) >= 11 is 9.13. The van der Waals surface area contributed by atoms with E-state index in [0.29, 0.717) is 10.0 Å². The van der Waals surface area contributed by atoms with Crippen LogP contribution in [0.2, 0.25) is 5.02 Å². The predicted octanol–water partition coefficient (Wildman–Crippen LogP) is 4.61. The zero-order valence-corrected chi connectivity index (χ0v) is 12.3. The third-order valence-corrected chi connectivity index (χ3v) is 4.87. The summed E-state index contributed by atoms with van der Waals surface area (Å²) in [5.74, 6) is -0.388. The normalized spacial score (nSPS) is 27.4. The van der Waals surface area contributed by atoms with Crippen molar-refractivity contribution in [3.8, 4) is 0 Å². The lowest BCUT2D eigenvalue weighted by atomic mass is 9.84. The van der Waals surface area contributed by atoms with Gasteiger partial charge in [-0.2, -0.15) is 0 Å². The van der Waals surface area contributed by atoms with Crippen molar-refractivity contribution in [2.45, 2.75) is 38.6 Å². The Balaban J connectivity index is 2.45. The number of halogens is 3. The number of hydrogen-bond acceptors (Lipinski definition) is 1. The van der Waals surface area contributed by atoms with Gasteiger partial charge in [0.05, 0.1) is 5.02 Å². The molecular weight excluding hydrogens is 305 g/mol. The van der Waals surface area contributed by atoms with Crippen molar-refractivity contribution >= 4 is 27.5 Å². The molecule has 1 aliphatic rings. The Morgan fingerprint density at radius 1 is 1.35 bits per heavy atom. The number of hydrogen-bond donors (Lipinski definition) is 1. The summed E-state index contributed by atoms with van der Waals surface area (Å²) in [6.07, 6.45) is 2.60. The van der Waals surface area contributed by atoms with Gasteiger partial charge in [0, 0.05) is 15.6 Å². The van der Waals surface area contributed by atoms with Crippen LogP contribution in [0.5, 0.6) is 0 Å². The smallest absolute Gasteiger partial charge is 0.147 e. The summed E-state index contributed by atoms with van der Waals surface area (Å²) in [5, 5.41) is 0.122. The van der Waals surface area contributed by atoms with Gasteiger partial charge in [-0.15, -0.1) is 0 Å². The maximum absolute atomic E-state index is 14.2. The van der Waals surface area contributed by atoms with E-state index in [2.05, 4.69) is 29.8 Å². The summed E-state index contributed by atoms with van der Waals surface area (Å²) in [5.41, 5.74) is 6.48. The van der Waals surface area contributed by atoms with Gasteiger partial charge in [-0.1, -0.05) is 31.5 Å². The van der Waals surface area contributed by atoms with E-state index >= 15 is 0 Å². The fourth-order valence-electron chi connectivity index (χ4n) is 2.73. The Bertz CT molecular complexity index is 461. The molecule has 1 fully saturated rings. The third-order valence-electron chi connectivity index (χ3n) is 3.61. The molecule has 1 unspecified atom stereocenters. The van der Waals surface area contributed by atoms with Crippen LogP contribution in [-0.2, 0) is 5.54 Å². The van der Waals surface area contributed by atoms with Gasteiger partial charge >= 0.3 is 0 Å². The lowest BCUT2D eigenvalue weighted by Crippen LogP contribution is -2.35. The second-order valence-corrected chi connectivity index (χ2v) is 6.95. The third kappa shape index (κ3) is 2.38. The summed E-state index contributed by atoms with van der Waals surface area (Å²) in [4.78, 5) is 0. The molecule has 1 aromatic carbocycles. The molecule has 0 bridgehead atoms. The lowest BCUT2D eigenvalue weighted by Gasteiger charge is -2.27. The first kappa shape index (κ1) is 13.3. The van der Waals surface area contributed by atoms with Gasteiger partial charge in [-0.3, -0.25) is 0 Å². The van der Waals surface area contributed by atoms with E-state index in [0.717, 1.165) is 19.3 Å². The molecule has 0 amide bonds. The fraction of sp³-hybridized carbons (Fsp3) is 0.538. The highest BCUT2D eigenvalue weighted by Crippen LogP contribution is 2.48. The quantitative estimate of drug-likeness (QED) is 0.752. The van der Waals surface area contributed by atoms with Gasteiger partial charge in [-0.05, 0) is 46.7 Å². The maximum atomic E-state index is 14.2. The van der Waals surface area contributed by atoms with Gasteiger partial charge in [0.15, 0.2) is 0 Å². The van der Waals surface area contributed by atoms with Crippen molar-refractivity contribution in [1.29, 1.82) is 0 Å². The van der Waals surface area contributed by atoms with E-state index in [9.17, 15) is 4.39 Å². The van der Waals surface area contributed by atoms with Crippen LogP contribution in [0.4, 0.5) is 4.39 Å². The van der Waals surface area contributed by atoms with Gasteiger partial charge in [0.1, 0.15) is 5.82 Å². The molecule has 1 nitrogen and oxygen atoms in total. The summed E-state index contributed by atoms with van der Waals surface area (Å²) in [6.45, 7) is 4.33. The average molecular weight is 321 g/mol. The molecular formula is C13H16BrClFN. The molecule has 1 aromatic rings. The summed E-state index contributed by atoms with van der Waals surface area (Å²) < 4.78 is 14.7. The van der Waals surface area contributed by atoms with Gasteiger partial charge in [0.25, 0.3) is 0 Å². The first-order valence-corrected chi connectivity index (χ1v) is 6.85. The van der Waals surface area contributed by atoms with Crippen molar-refractivity contribution in [2.24, 2.45) is 11.1 Å². The molecule has 0 heterocycles. The van der Waals surface area contributed by atoms with E-state index in [4.69, 9.17) is 17.3 Å². The Labute approximate surface area is 115 Å². The van der Waals surface area contributed by atoms with Crippen molar-refractivity contribution < 1.29 is 4.39 Å². The van der Waals surface area contributed by atoms with E-state index in [1.165, 1.54) is 0 Å². The number of rotatable bonds is 1. The first-order chi connectivity index (χ1) is 7.75. The van der Waals surface area contributed by atoms with Gasteiger partial charge < -0.3 is 5.73 Å². The van der Waals surface area contributed by atoms with Crippen LogP contribution in [0.25, 0.3) is 0 Å². The van der Waals surface area contributed by atoms with Crippen LogP contribution in [0.15, 0.2) is 16.6 Å². The van der Waals surface area contributed by atoms with Crippen molar-refractivity contribution in [3.05, 3.63) is 33.0 Å². The molecule has 0 aromatic heterocycles. The Morgan fingerprint density at radius 2 is 2.00 bits per heavy atom. The maximum Gasteiger partial charge on any atom is 0.147 e. The number of nitrogens with two attached hydrogens (primary N) is 1. The second-order valence-electron chi connectivity index (χ2n) is 5.72. The molecule has 0 aliphatic heterocycles.